The van der Waals surface area contributed by atoms with Crippen molar-refractivity contribution in [3.05, 3.63) is 0 Å². The molecule has 4 bridgehead atoms. The molecule has 4 nitrogen and oxygen atoms in total. The van der Waals surface area contributed by atoms with Gasteiger partial charge in [0.25, 0.3) is 0 Å². The number of rotatable bonds is 7. The maximum Gasteiger partial charge on any atom is 0.226 e. The Balaban J connectivity index is 1.44. The second-order valence-corrected chi connectivity index (χ2v) is 8.12. The zero-order chi connectivity index (χ0) is 16.4. The van der Waals surface area contributed by atoms with Gasteiger partial charge in [-0.2, -0.15) is 0 Å². The van der Waals surface area contributed by atoms with Gasteiger partial charge in [0, 0.05) is 31.5 Å². The van der Waals surface area contributed by atoms with Crippen LogP contribution < -0.4 is 5.32 Å². The van der Waals surface area contributed by atoms with Gasteiger partial charge in [0.05, 0.1) is 0 Å². The molecule has 130 valence electrons. The molecular formula is C19H32N2O2. The molecule has 0 aliphatic heterocycles. The average molecular weight is 320 g/mol. The Morgan fingerprint density at radius 3 is 2.00 bits per heavy atom. The summed E-state index contributed by atoms with van der Waals surface area (Å²) in [5, 5.41) is 3.16. The first-order valence-corrected chi connectivity index (χ1v) is 9.62. The van der Waals surface area contributed by atoms with Crippen molar-refractivity contribution in [2.24, 2.45) is 23.2 Å². The first kappa shape index (κ1) is 16.8. The smallest absolute Gasteiger partial charge is 0.226 e. The van der Waals surface area contributed by atoms with E-state index in [-0.39, 0.29) is 17.2 Å². The minimum absolute atomic E-state index is 0.0579. The van der Waals surface area contributed by atoms with Crippen LogP contribution in [0.2, 0.25) is 0 Å². The third-order valence-electron chi connectivity index (χ3n) is 6.49. The van der Waals surface area contributed by atoms with Crippen LogP contribution in [0.1, 0.15) is 65.2 Å². The van der Waals surface area contributed by atoms with E-state index in [1.165, 1.54) is 19.3 Å². The molecule has 4 rings (SSSR count). The molecule has 0 spiro atoms. The van der Waals surface area contributed by atoms with Gasteiger partial charge in [-0.1, -0.05) is 0 Å². The van der Waals surface area contributed by atoms with Crippen molar-refractivity contribution in [2.75, 3.05) is 19.6 Å². The SMILES string of the molecule is CCN(CC)C(=O)CCCNC(=O)C12CC3CC(CC(C3)C1)C2. The monoisotopic (exact) mass is 320 g/mol. The molecule has 4 aliphatic carbocycles. The van der Waals surface area contributed by atoms with Crippen LogP contribution in [0.15, 0.2) is 0 Å². The largest absolute Gasteiger partial charge is 0.356 e. The summed E-state index contributed by atoms with van der Waals surface area (Å²) in [7, 11) is 0. The first-order chi connectivity index (χ1) is 11.1. The summed E-state index contributed by atoms with van der Waals surface area (Å²) in [5.41, 5.74) is -0.0579. The molecule has 0 saturated heterocycles. The zero-order valence-electron chi connectivity index (χ0n) is 14.8. The number of nitrogens with zero attached hydrogens (tertiary/aromatic N) is 1. The third kappa shape index (κ3) is 3.41. The molecule has 0 aromatic rings. The van der Waals surface area contributed by atoms with Crippen molar-refractivity contribution in [3.63, 3.8) is 0 Å². The van der Waals surface area contributed by atoms with Crippen LogP contribution in [0, 0.1) is 23.2 Å². The average Bonchev–Trinajstić information content (AvgIpc) is 2.51. The number of amides is 2. The lowest BCUT2D eigenvalue weighted by Gasteiger charge is -2.55. The summed E-state index contributed by atoms with van der Waals surface area (Å²) >= 11 is 0. The molecule has 2 amide bonds. The second-order valence-electron chi connectivity index (χ2n) is 8.12. The van der Waals surface area contributed by atoms with Gasteiger partial charge in [0.1, 0.15) is 0 Å². The van der Waals surface area contributed by atoms with Gasteiger partial charge >= 0.3 is 0 Å². The highest BCUT2D eigenvalue weighted by Gasteiger charge is 2.54. The van der Waals surface area contributed by atoms with Crippen molar-refractivity contribution in [1.29, 1.82) is 0 Å². The molecule has 4 fully saturated rings. The van der Waals surface area contributed by atoms with Crippen molar-refractivity contribution >= 4 is 11.8 Å². The van der Waals surface area contributed by atoms with Crippen molar-refractivity contribution in [3.8, 4) is 0 Å². The highest BCUT2D eigenvalue weighted by molar-refractivity contribution is 5.83. The molecule has 0 unspecified atom stereocenters. The molecule has 0 radical (unpaired) electrons. The molecule has 0 heterocycles. The van der Waals surface area contributed by atoms with E-state index in [1.807, 2.05) is 18.7 Å². The summed E-state index contributed by atoms with van der Waals surface area (Å²) < 4.78 is 0. The lowest BCUT2D eigenvalue weighted by atomic mass is 9.49. The van der Waals surface area contributed by atoms with Gasteiger partial charge in [-0.15, -0.1) is 0 Å². The van der Waals surface area contributed by atoms with Gasteiger partial charge in [0.15, 0.2) is 0 Å². The summed E-state index contributed by atoms with van der Waals surface area (Å²) in [6.07, 6.45) is 8.74. The van der Waals surface area contributed by atoms with Crippen LogP contribution >= 0.6 is 0 Å². The van der Waals surface area contributed by atoms with Crippen LogP contribution in [0.3, 0.4) is 0 Å². The first-order valence-electron chi connectivity index (χ1n) is 9.62. The van der Waals surface area contributed by atoms with Gasteiger partial charge in [-0.05, 0) is 76.5 Å². The van der Waals surface area contributed by atoms with Crippen molar-refractivity contribution in [1.82, 2.24) is 10.2 Å². The Labute approximate surface area is 140 Å². The lowest BCUT2D eigenvalue weighted by molar-refractivity contribution is -0.146. The number of nitrogens with one attached hydrogen (secondary N) is 1. The quantitative estimate of drug-likeness (QED) is 0.733. The van der Waals surface area contributed by atoms with E-state index in [1.54, 1.807) is 0 Å². The highest BCUT2D eigenvalue weighted by Crippen LogP contribution is 2.60. The fraction of sp³-hybridized carbons (Fsp3) is 0.895. The third-order valence-corrected chi connectivity index (χ3v) is 6.49. The number of hydrogen-bond donors (Lipinski definition) is 1. The maximum absolute atomic E-state index is 12.8. The molecule has 4 heteroatoms. The van der Waals surface area contributed by atoms with Crippen LogP contribution in [0.25, 0.3) is 0 Å². The van der Waals surface area contributed by atoms with E-state index in [0.717, 1.165) is 56.5 Å². The van der Waals surface area contributed by atoms with Crippen molar-refractivity contribution < 1.29 is 9.59 Å². The second kappa shape index (κ2) is 6.82. The number of carbonyl (C=O) groups is 2. The standard InChI is InChI=1S/C19H32N2O2/c1-3-21(4-2)17(22)6-5-7-20-18(23)19-11-14-8-15(12-19)10-16(9-14)13-19/h14-16H,3-13H2,1-2H3,(H,20,23). The van der Waals surface area contributed by atoms with Crippen molar-refractivity contribution in [2.45, 2.75) is 65.2 Å². The summed E-state index contributed by atoms with van der Waals surface area (Å²) in [6, 6.07) is 0. The van der Waals surface area contributed by atoms with E-state index in [4.69, 9.17) is 0 Å². The fourth-order valence-corrected chi connectivity index (χ4v) is 5.75. The highest BCUT2D eigenvalue weighted by atomic mass is 16.2. The molecule has 0 aromatic carbocycles. The molecule has 0 aromatic heterocycles. The summed E-state index contributed by atoms with van der Waals surface area (Å²) in [4.78, 5) is 26.6. The minimum Gasteiger partial charge on any atom is -0.356 e. The Morgan fingerprint density at radius 1 is 1.00 bits per heavy atom. The Hall–Kier alpha value is -1.06. The van der Waals surface area contributed by atoms with E-state index >= 15 is 0 Å². The lowest BCUT2D eigenvalue weighted by Crippen LogP contribution is -2.53. The van der Waals surface area contributed by atoms with Gasteiger partial charge in [-0.3, -0.25) is 9.59 Å². The van der Waals surface area contributed by atoms with E-state index in [2.05, 4.69) is 5.32 Å². The number of hydrogen-bond acceptors (Lipinski definition) is 2. The molecule has 0 atom stereocenters. The Bertz CT molecular complexity index is 421. The van der Waals surface area contributed by atoms with Crippen LogP contribution in [-0.2, 0) is 9.59 Å². The Kier molecular flexibility index (Phi) is 4.98. The molecule has 4 aliphatic rings. The van der Waals surface area contributed by atoms with E-state index < -0.39 is 0 Å². The predicted octanol–water partition coefficient (Wildman–Crippen LogP) is 2.97. The molecule has 4 saturated carbocycles. The van der Waals surface area contributed by atoms with Crippen LogP contribution in [0.4, 0.5) is 0 Å². The maximum atomic E-state index is 12.8. The zero-order valence-corrected chi connectivity index (χ0v) is 14.8. The summed E-state index contributed by atoms with van der Waals surface area (Å²) in [6.45, 7) is 6.21. The minimum atomic E-state index is -0.0579. The van der Waals surface area contributed by atoms with E-state index in [9.17, 15) is 9.59 Å². The van der Waals surface area contributed by atoms with Gasteiger partial charge in [0.2, 0.25) is 11.8 Å². The topological polar surface area (TPSA) is 49.4 Å². The predicted molar refractivity (Wildman–Crippen MR) is 90.8 cm³/mol. The molecule has 23 heavy (non-hydrogen) atoms. The summed E-state index contributed by atoms with van der Waals surface area (Å²) in [5.74, 6) is 2.90. The molecular weight excluding hydrogens is 288 g/mol. The van der Waals surface area contributed by atoms with Crippen LogP contribution in [-0.4, -0.2) is 36.3 Å². The molecule has 1 N–H and O–H groups in total. The van der Waals surface area contributed by atoms with E-state index in [0.29, 0.717) is 13.0 Å². The fourth-order valence-electron chi connectivity index (χ4n) is 5.75. The van der Waals surface area contributed by atoms with Gasteiger partial charge < -0.3 is 10.2 Å². The van der Waals surface area contributed by atoms with Crippen LogP contribution in [0.5, 0.6) is 0 Å². The normalized spacial score (nSPS) is 34.4. The Morgan fingerprint density at radius 2 is 1.52 bits per heavy atom. The number of carbonyl (C=O) groups excluding carboxylic acids is 2. The van der Waals surface area contributed by atoms with Gasteiger partial charge in [-0.25, -0.2) is 0 Å².